The Morgan fingerprint density at radius 1 is 1.35 bits per heavy atom. The first-order valence-electron chi connectivity index (χ1n) is 7.58. The smallest absolute Gasteiger partial charge is 0.0893 e. The fourth-order valence-corrected chi connectivity index (χ4v) is 3.69. The Morgan fingerprint density at radius 3 is 3.10 bits per heavy atom. The number of fused-ring (bicyclic) bond motifs is 3. The maximum Gasteiger partial charge on any atom is 0.0893 e. The summed E-state index contributed by atoms with van der Waals surface area (Å²) in [6, 6.07) is 6.48. The largest absolute Gasteiger partial charge is 0.396 e. The number of nitrogens with one attached hydrogen (secondary N) is 1. The number of hydrogen-bond donors (Lipinski definition) is 2. The Hall–Kier alpha value is -0.770. The van der Waals surface area contributed by atoms with Crippen molar-refractivity contribution in [3.8, 4) is 0 Å². The summed E-state index contributed by atoms with van der Waals surface area (Å²) in [6.45, 7) is 1.12. The van der Waals surface area contributed by atoms with Crippen LogP contribution in [0.25, 0.3) is 0 Å². The molecule has 2 heterocycles. The van der Waals surface area contributed by atoms with E-state index in [1.165, 1.54) is 12.0 Å². The van der Waals surface area contributed by atoms with Gasteiger partial charge < -0.3 is 15.2 Å². The lowest BCUT2D eigenvalue weighted by atomic mass is 9.78. The SMILES string of the molecule is OCCCCC1Nc2ccc(Cl)cc2C2OCCCC12. The van der Waals surface area contributed by atoms with E-state index in [1.807, 2.05) is 12.1 Å². The van der Waals surface area contributed by atoms with Crippen molar-refractivity contribution >= 4 is 17.3 Å². The number of unbranched alkanes of at least 4 members (excludes halogenated alkanes) is 1. The van der Waals surface area contributed by atoms with Crippen molar-refractivity contribution in [2.45, 2.75) is 44.2 Å². The Morgan fingerprint density at radius 2 is 2.25 bits per heavy atom. The molecular weight excluding hydrogens is 274 g/mol. The maximum atomic E-state index is 8.96. The second kappa shape index (κ2) is 6.33. The van der Waals surface area contributed by atoms with Gasteiger partial charge in [-0.3, -0.25) is 0 Å². The lowest BCUT2D eigenvalue weighted by Gasteiger charge is -2.43. The molecule has 0 aromatic heterocycles. The molecule has 2 aliphatic heterocycles. The standard InChI is InChI=1S/C16H22ClNO2/c17-11-6-7-15-13(10-11)16-12(4-3-9-20-16)14(18-15)5-1-2-8-19/h6-7,10,12,14,16,18-19H,1-5,8-9H2. The van der Waals surface area contributed by atoms with E-state index in [1.54, 1.807) is 0 Å². The number of hydrogen-bond acceptors (Lipinski definition) is 3. The van der Waals surface area contributed by atoms with E-state index in [0.29, 0.717) is 12.0 Å². The van der Waals surface area contributed by atoms with Gasteiger partial charge in [-0.05, 0) is 50.3 Å². The third-order valence-corrected chi connectivity index (χ3v) is 4.70. The van der Waals surface area contributed by atoms with Crippen LogP contribution in [0.15, 0.2) is 18.2 Å². The highest BCUT2D eigenvalue weighted by Crippen LogP contribution is 2.45. The Balaban J connectivity index is 1.83. The van der Waals surface area contributed by atoms with E-state index in [0.717, 1.165) is 43.0 Å². The molecule has 3 atom stereocenters. The zero-order chi connectivity index (χ0) is 13.9. The number of benzene rings is 1. The zero-order valence-electron chi connectivity index (χ0n) is 11.6. The predicted octanol–water partition coefficient (Wildman–Crippen LogP) is 3.76. The van der Waals surface area contributed by atoms with Crippen molar-refractivity contribution in [2.24, 2.45) is 5.92 Å². The van der Waals surface area contributed by atoms with Gasteiger partial charge in [0.2, 0.25) is 0 Å². The molecule has 2 N–H and O–H groups in total. The predicted molar refractivity (Wildman–Crippen MR) is 81.2 cm³/mol. The van der Waals surface area contributed by atoms with E-state index < -0.39 is 0 Å². The van der Waals surface area contributed by atoms with Crippen molar-refractivity contribution in [1.29, 1.82) is 0 Å². The molecule has 0 saturated carbocycles. The first-order valence-corrected chi connectivity index (χ1v) is 7.96. The molecule has 0 bridgehead atoms. The first kappa shape index (κ1) is 14.2. The van der Waals surface area contributed by atoms with Gasteiger partial charge in [0.05, 0.1) is 6.10 Å². The van der Waals surface area contributed by atoms with Gasteiger partial charge in [-0.25, -0.2) is 0 Å². The van der Waals surface area contributed by atoms with Gasteiger partial charge in [0.15, 0.2) is 0 Å². The minimum Gasteiger partial charge on any atom is -0.396 e. The monoisotopic (exact) mass is 295 g/mol. The molecule has 0 aliphatic carbocycles. The molecule has 3 unspecified atom stereocenters. The lowest BCUT2D eigenvalue weighted by Crippen LogP contribution is -2.41. The third-order valence-electron chi connectivity index (χ3n) is 4.47. The molecule has 1 saturated heterocycles. The summed E-state index contributed by atoms with van der Waals surface area (Å²) in [7, 11) is 0. The zero-order valence-corrected chi connectivity index (χ0v) is 12.4. The number of rotatable bonds is 4. The van der Waals surface area contributed by atoms with Crippen LogP contribution in [0.5, 0.6) is 0 Å². The molecule has 0 radical (unpaired) electrons. The van der Waals surface area contributed by atoms with E-state index in [-0.39, 0.29) is 12.7 Å². The molecule has 3 nitrogen and oxygen atoms in total. The van der Waals surface area contributed by atoms with Gasteiger partial charge in [-0.2, -0.15) is 0 Å². The van der Waals surface area contributed by atoms with E-state index >= 15 is 0 Å². The average Bonchev–Trinajstić information content (AvgIpc) is 2.48. The highest BCUT2D eigenvalue weighted by molar-refractivity contribution is 6.30. The van der Waals surface area contributed by atoms with Crippen LogP contribution >= 0.6 is 11.6 Å². The summed E-state index contributed by atoms with van der Waals surface area (Å²) in [5, 5.41) is 13.4. The van der Waals surface area contributed by atoms with Crippen molar-refractivity contribution in [1.82, 2.24) is 0 Å². The van der Waals surface area contributed by atoms with Crippen LogP contribution in [0.2, 0.25) is 5.02 Å². The van der Waals surface area contributed by atoms with E-state index in [9.17, 15) is 0 Å². The van der Waals surface area contributed by atoms with Crippen molar-refractivity contribution in [2.75, 3.05) is 18.5 Å². The minimum atomic E-state index is 0.179. The number of aliphatic hydroxyl groups is 1. The third kappa shape index (κ3) is 2.80. The Kier molecular flexibility index (Phi) is 4.49. The molecule has 20 heavy (non-hydrogen) atoms. The molecule has 3 rings (SSSR count). The second-order valence-electron chi connectivity index (χ2n) is 5.80. The van der Waals surface area contributed by atoms with Crippen molar-refractivity contribution < 1.29 is 9.84 Å². The molecule has 1 aromatic carbocycles. The molecular formula is C16H22ClNO2. The van der Waals surface area contributed by atoms with Crippen LogP contribution in [0.3, 0.4) is 0 Å². The van der Waals surface area contributed by atoms with Crippen LogP contribution < -0.4 is 5.32 Å². The van der Waals surface area contributed by atoms with Gasteiger partial charge in [0.25, 0.3) is 0 Å². The number of anilines is 1. The topological polar surface area (TPSA) is 41.5 Å². The number of ether oxygens (including phenoxy) is 1. The van der Waals surface area contributed by atoms with Crippen LogP contribution in [0.4, 0.5) is 5.69 Å². The van der Waals surface area contributed by atoms with Gasteiger partial charge in [0, 0.05) is 41.4 Å². The fourth-order valence-electron chi connectivity index (χ4n) is 3.51. The van der Waals surface area contributed by atoms with Crippen molar-refractivity contribution in [3.63, 3.8) is 0 Å². The Labute approximate surface area is 125 Å². The summed E-state index contributed by atoms with van der Waals surface area (Å²) in [4.78, 5) is 0. The highest BCUT2D eigenvalue weighted by Gasteiger charge is 2.38. The van der Waals surface area contributed by atoms with Crippen LogP contribution in [-0.4, -0.2) is 24.4 Å². The molecule has 1 fully saturated rings. The number of aliphatic hydroxyl groups excluding tert-OH is 1. The second-order valence-corrected chi connectivity index (χ2v) is 6.24. The molecule has 1 aromatic rings. The fraction of sp³-hybridized carbons (Fsp3) is 0.625. The summed E-state index contributed by atoms with van der Waals surface area (Å²) in [5.74, 6) is 0.522. The summed E-state index contributed by atoms with van der Waals surface area (Å²) in [6.07, 6.45) is 5.54. The lowest BCUT2D eigenvalue weighted by molar-refractivity contribution is -0.0387. The minimum absolute atomic E-state index is 0.179. The quantitative estimate of drug-likeness (QED) is 0.831. The number of halogens is 1. The maximum absolute atomic E-state index is 8.96. The molecule has 2 aliphatic rings. The first-order chi connectivity index (χ1) is 9.79. The average molecular weight is 296 g/mol. The highest BCUT2D eigenvalue weighted by atomic mass is 35.5. The summed E-state index contributed by atoms with van der Waals surface area (Å²) < 4.78 is 6.05. The summed E-state index contributed by atoms with van der Waals surface area (Å²) >= 11 is 6.14. The van der Waals surface area contributed by atoms with Crippen LogP contribution in [0.1, 0.15) is 43.8 Å². The molecule has 4 heteroatoms. The van der Waals surface area contributed by atoms with E-state index in [2.05, 4.69) is 11.4 Å². The van der Waals surface area contributed by atoms with Gasteiger partial charge in [-0.1, -0.05) is 11.6 Å². The normalized spacial score (nSPS) is 28.4. The van der Waals surface area contributed by atoms with Crippen LogP contribution in [-0.2, 0) is 4.74 Å². The summed E-state index contributed by atoms with van der Waals surface area (Å²) in [5.41, 5.74) is 2.37. The Bertz CT molecular complexity index is 466. The van der Waals surface area contributed by atoms with Crippen LogP contribution in [0, 0.1) is 5.92 Å². The molecule has 110 valence electrons. The van der Waals surface area contributed by atoms with Crippen molar-refractivity contribution in [3.05, 3.63) is 28.8 Å². The van der Waals surface area contributed by atoms with E-state index in [4.69, 9.17) is 21.4 Å². The van der Waals surface area contributed by atoms with Gasteiger partial charge in [0.1, 0.15) is 0 Å². The molecule has 0 amide bonds. The van der Waals surface area contributed by atoms with Gasteiger partial charge in [-0.15, -0.1) is 0 Å². The van der Waals surface area contributed by atoms with Gasteiger partial charge >= 0.3 is 0 Å². The molecule has 0 spiro atoms.